The number of carbonyl (C=O) groups is 1. The van der Waals surface area contributed by atoms with Gasteiger partial charge in [-0.2, -0.15) is 0 Å². The number of piperidine rings is 1. The van der Waals surface area contributed by atoms with Crippen LogP contribution in [0.15, 0.2) is 42.5 Å². The Labute approximate surface area is 173 Å². The third-order valence-electron chi connectivity index (χ3n) is 6.15. The van der Waals surface area contributed by atoms with Crippen LogP contribution in [0.4, 0.5) is 0 Å². The molecule has 2 atom stereocenters. The Morgan fingerprint density at radius 2 is 1.66 bits per heavy atom. The number of likely N-dealkylation sites (tertiary alicyclic amines) is 1. The van der Waals surface area contributed by atoms with E-state index in [1.165, 1.54) is 17.5 Å². The summed E-state index contributed by atoms with van der Waals surface area (Å²) >= 11 is 0. The minimum Gasteiger partial charge on any atom is -0.338 e. The molecule has 3 nitrogen and oxygen atoms in total. The third-order valence-corrected chi connectivity index (χ3v) is 6.15. The molecule has 29 heavy (non-hydrogen) atoms. The lowest BCUT2D eigenvalue weighted by Gasteiger charge is -2.35. The maximum Gasteiger partial charge on any atom is 0.254 e. The van der Waals surface area contributed by atoms with E-state index in [0.717, 1.165) is 46.4 Å². The van der Waals surface area contributed by atoms with Gasteiger partial charge in [-0.15, -0.1) is 0 Å². The van der Waals surface area contributed by atoms with Crippen molar-refractivity contribution in [3.8, 4) is 11.3 Å². The molecule has 1 fully saturated rings. The summed E-state index contributed by atoms with van der Waals surface area (Å²) in [6.07, 6.45) is 1.19. The first kappa shape index (κ1) is 19.6. The van der Waals surface area contributed by atoms with Gasteiger partial charge in [0.25, 0.3) is 5.91 Å². The Morgan fingerprint density at radius 1 is 0.931 bits per heavy atom. The second-order valence-electron chi connectivity index (χ2n) is 9.03. The second-order valence-corrected chi connectivity index (χ2v) is 9.03. The number of hydrogen-bond acceptors (Lipinski definition) is 2. The molecule has 1 aromatic heterocycles. The number of fused-ring (bicyclic) bond motifs is 1. The Bertz CT molecular complexity index is 1080. The van der Waals surface area contributed by atoms with Gasteiger partial charge in [0, 0.05) is 24.0 Å². The van der Waals surface area contributed by atoms with Crippen LogP contribution in [-0.2, 0) is 0 Å². The summed E-state index contributed by atoms with van der Waals surface area (Å²) in [7, 11) is 0. The van der Waals surface area contributed by atoms with Crippen molar-refractivity contribution >= 4 is 16.8 Å². The number of nitrogens with zero attached hydrogens (tertiary/aromatic N) is 2. The quantitative estimate of drug-likeness (QED) is 0.546. The minimum absolute atomic E-state index is 0.131. The van der Waals surface area contributed by atoms with Gasteiger partial charge in [0.05, 0.1) is 16.8 Å². The fourth-order valence-corrected chi connectivity index (χ4v) is 4.56. The highest BCUT2D eigenvalue weighted by atomic mass is 16.2. The van der Waals surface area contributed by atoms with E-state index in [2.05, 4.69) is 65.0 Å². The van der Waals surface area contributed by atoms with Crippen LogP contribution in [0.3, 0.4) is 0 Å². The van der Waals surface area contributed by atoms with Gasteiger partial charge in [-0.05, 0) is 74.4 Å². The topological polar surface area (TPSA) is 33.2 Å². The van der Waals surface area contributed by atoms with Gasteiger partial charge >= 0.3 is 0 Å². The molecular weight excluding hydrogens is 356 g/mol. The number of hydrogen-bond donors (Lipinski definition) is 0. The molecule has 0 spiro atoms. The molecule has 0 N–H and O–H groups in total. The molecule has 3 aromatic rings. The van der Waals surface area contributed by atoms with Crippen molar-refractivity contribution in [2.75, 3.05) is 13.1 Å². The van der Waals surface area contributed by atoms with Crippen LogP contribution in [-0.4, -0.2) is 28.9 Å². The lowest BCUT2D eigenvalue weighted by atomic mass is 9.91. The van der Waals surface area contributed by atoms with Gasteiger partial charge in [-0.25, -0.2) is 4.98 Å². The molecule has 4 rings (SSSR count). The van der Waals surface area contributed by atoms with E-state index in [1.807, 2.05) is 17.0 Å². The van der Waals surface area contributed by atoms with Crippen LogP contribution in [0.25, 0.3) is 22.2 Å². The van der Waals surface area contributed by atoms with Gasteiger partial charge in [0.1, 0.15) is 0 Å². The van der Waals surface area contributed by atoms with Crippen molar-refractivity contribution in [3.63, 3.8) is 0 Å². The molecular formula is C26H30N2O. The fourth-order valence-electron chi connectivity index (χ4n) is 4.56. The van der Waals surface area contributed by atoms with Gasteiger partial charge in [0.15, 0.2) is 0 Å². The van der Waals surface area contributed by atoms with Crippen molar-refractivity contribution in [1.29, 1.82) is 0 Å². The molecule has 0 aliphatic carbocycles. The van der Waals surface area contributed by atoms with Crippen LogP contribution in [0, 0.1) is 32.6 Å². The largest absolute Gasteiger partial charge is 0.338 e. The Morgan fingerprint density at radius 3 is 2.34 bits per heavy atom. The Kier molecular flexibility index (Phi) is 5.16. The first-order valence-corrected chi connectivity index (χ1v) is 10.6. The predicted molar refractivity (Wildman–Crippen MR) is 120 cm³/mol. The van der Waals surface area contributed by atoms with E-state index in [4.69, 9.17) is 4.98 Å². The predicted octanol–water partition coefficient (Wildman–Crippen LogP) is 5.95. The molecule has 1 amide bonds. The summed E-state index contributed by atoms with van der Waals surface area (Å²) < 4.78 is 0. The standard InChI is InChI=1S/C26H30N2O/c1-16-6-9-24-22(11-16)23(26(29)28-14-17(2)10-18(3)15-28)13-25(27-24)21-8-7-19(4)20(5)12-21/h6-9,11-13,17-18H,10,14-15H2,1-5H3. The molecule has 2 aromatic carbocycles. The molecule has 150 valence electrons. The van der Waals surface area contributed by atoms with Crippen LogP contribution >= 0.6 is 0 Å². The first-order chi connectivity index (χ1) is 13.8. The molecule has 0 saturated carbocycles. The van der Waals surface area contributed by atoms with E-state index in [-0.39, 0.29) is 5.91 Å². The fraction of sp³-hybridized carbons (Fsp3) is 0.385. The number of rotatable bonds is 2. The van der Waals surface area contributed by atoms with Gasteiger partial charge in [-0.1, -0.05) is 37.6 Å². The molecule has 3 heteroatoms. The number of amides is 1. The number of carbonyl (C=O) groups excluding carboxylic acids is 1. The van der Waals surface area contributed by atoms with E-state index < -0.39 is 0 Å². The lowest BCUT2D eigenvalue weighted by Crippen LogP contribution is -2.42. The maximum atomic E-state index is 13.6. The van der Waals surface area contributed by atoms with Gasteiger partial charge in [0.2, 0.25) is 0 Å². The van der Waals surface area contributed by atoms with Crippen LogP contribution in [0.1, 0.15) is 47.3 Å². The average molecular weight is 387 g/mol. The molecule has 0 radical (unpaired) electrons. The summed E-state index contributed by atoms with van der Waals surface area (Å²) in [6.45, 7) is 12.4. The Hall–Kier alpha value is -2.68. The zero-order valence-corrected chi connectivity index (χ0v) is 18.1. The van der Waals surface area contributed by atoms with Crippen LogP contribution in [0.5, 0.6) is 0 Å². The van der Waals surface area contributed by atoms with Crippen molar-refractivity contribution in [2.24, 2.45) is 11.8 Å². The van der Waals surface area contributed by atoms with Crippen molar-refractivity contribution < 1.29 is 4.79 Å². The Balaban J connectivity index is 1.85. The van der Waals surface area contributed by atoms with E-state index in [1.54, 1.807) is 0 Å². The maximum absolute atomic E-state index is 13.6. The van der Waals surface area contributed by atoms with Crippen molar-refractivity contribution in [3.05, 3.63) is 64.7 Å². The molecule has 1 saturated heterocycles. The SMILES string of the molecule is Cc1ccc2nc(-c3ccc(C)c(C)c3)cc(C(=O)N3CC(C)CC(C)C3)c2c1. The highest BCUT2D eigenvalue weighted by molar-refractivity contribution is 6.07. The van der Waals surface area contributed by atoms with Crippen LogP contribution in [0.2, 0.25) is 0 Å². The molecule has 1 aliphatic rings. The monoisotopic (exact) mass is 386 g/mol. The normalized spacial score (nSPS) is 19.6. The highest BCUT2D eigenvalue weighted by Crippen LogP contribution is 2.29. The zero-order chi connectivity index (χ0) is 20.7. The van der Waals surface area contributed by atoms with E-state index in [9.17, 15) is 4.79 Å². The summed E-state index contributed by atoms with van der Waals surface area (Å²) in [6, 6.07) is 14.6. The van der Waals surface area contributed by atoms with E-state index >= 15 is 0 Å². The number of aromatic nitrogens is 1. The minimum atomic E-state index is 0.131. The molecule has 2 heterocycles. The number of benzene rings is 2. The smallest absolute Gasteiger partial charge is 0.254 e. The molecule has 1 aliphatic heterocycles. The number of pyridine rings is 1. The lowest BCUT2D eigenvalue weighted by molar-refractivity contribution is 0.0625. The summed E-state index contributed by atoms with van der Waals surface area (Å²) in [5.74, 6) is 1.21. The van der Waals surface area contributed by atoms with E-state index in [0.29, 0.717) is 11.8 Å². The second kappa shape index (κ2) is 7.62. The third kappa shape index (κ3) is 3.91. The molecule has 0 bridgehead atoms. The summed E-state index contributed by atoms with van der Waals surface area (Å²) in [4.78, 5) is 20.6. The van der Waals surface area contributed by atoms with Crippen LogP contribution < -0.4 is 0 Å². The van der Waals surface area contributed by atoms with Crippen molar-refractivity contribution in [1.82, 2.24) is 9.88 Å². The average Bonchev–Trinajstić information content (AvgIpc) is 2.68. The first-order valence-electron chi connectivity index (χ1n) is 10.6. The van der Waals surface area contributed by atoms with Gasteiger partial charge in [-0.3, -0.25) is 4.79 Å². The number of aryl methyl sites for hydroxylation is 3. The summed E-state index contributed by atoms with van der Waals surface area (Å²) in [5.41, 5.74) is 7.22. The van der Waals surface area contributed by atoms with Gasteiger partial charge < -0.3 is 4.90 Å². The highest BCUT2D eigenvalue weighted by Gasteiger charge is 2.27. The molecule has 2 unspecified atom stereocenters. The van der Waals surface area contributed by atoms with Crippen molar-refractivity contribution in [2.45, 2.75) is 41.0 Å². The zero-order valence-electron chi connectivity index (χ0n) is 18.1. The summed E-state index contributed by atoms with van der Waals surface area (Å²) in [5, 5.41) is 0.952.